The molecular formula is C37H36N3O6+. The van der Waals surface area contributed by atoms with Crippen LogP contribution < -0.4 is 29.5 Å². The van der Waals surface area contributed by atoms with E-state index in [2.05, 4.69) is 33.7 Å². The van der Waals surface area contributed by atoms with Gasteiger partial charge in [-0.3, -0.25) is 9.59 Å². The first-order valence-corrected chi connectivity index (χ1v) is 16.8. The Morgan fingerprint density at radius 2 is 1.52 bits per heavy atom. The molecule has 46 heavy (non-hydrogen) atoms. The highest BCUT2D eigenvalue weighted by atomic mass is 16.7. The fourth-order valence-corrected chi connectivity index (χ4v) is 8.47. The van der Waals surface area contributed by atoms with Crippen molar-refractivity contribution in [2.24, 2.45) is 0 Å². The Kier molecular flexibility index (Phi) is 6.44. The van der Waals surface area contributed by atoms with Gasteiger partial charge in [0.2, 0.25) is 5.36 Å². The van der Waals surface area contributed by atoms with Crippen molar-refractivity contribution < 1.29 is 28.7 Å². The predicted octanol–water partition coefficient (Wildman–Crippen LogP) is 3.11. The molecule has 9 heteroatoms. The Hall–Kier alpha value is -4.66. The summed E-state index contributed by atoms with van der Waals surface area (Å²) >= 11 is 0. The van der Waals surface area contributed by atoms with Gasteiger partial charge in [0.15, 0.2) is 6.61 Å². The lowest BCUT2D eigenvalue weighted by Crippen LogP contribution is -2.45. The van der Waals surface area contributed by atoms with E-state index in [4.69, 9.17) is 14.3 Å². The van der Waals surface area contributed by atoms with Crippen molar-refractivity contribution in [3.8, 4) is 17.2 Å². The number of carbonyl (C=O) groups excluding carboxylic acids is 3. The van der Waals surface area contributed by atoms with E-state index in [1.807, 2.05) is 12.1 Å². The molecule has 0 bridgehead atoms. The predicted molar refractivity (Wildman–Crippen MR) is 169 cm³/mol. The lowest BCUT2D eigenvalue weighted by atomic mass is 9.82. The van der Waals surface area contributed by atoms with Crippen molar-refractivity contribution in [1.82, 2.24) is 9.64 Å². The van der Waals surface area contributed by atoms with E-state index >= 15 is 0 Å². The molecule has 1 fully saturated rings. The summed E-state index contributed by atoms with van der Waals surface area (Å²) in [5.74, 6) is 0.721. The maximum absolute atomic E-state index is 12.3. The number of imide groups is 1. The second-order valence-electron chi connectivity index (χ2n) is 13.2. The molecule has 2 amide bonds. The molecule has 0 spiro atoms. The lowest BCUT2D eigenvalue weighted by molar-refractivity contribution is -0.198. The first kappa shape index (κ1) is 27.6. The van der Waals surface area contributed by atoms with Crippen LogP contribution in [0, 0.1) is 0 Å². The van der Waals surface area contributed by atoms with Crippen LogP contribution in [0.4, 0.5) is 5.69 Å². The number of hydrogen-bond donors (Lipinski definition) is 0. The molecule has 6 aliphatic heterocycles. The second kappa shape index (κ2) is 10.7. The Balaban J connectivity index is 1.14. The number of anilines is 1. The van der Waals surface area contributed by atoms with Crippen molar-refractivity contribution in [2.75, 3.05) is 37.7 Å². The van der Waals surface area contributed by atoms with Crippen LogP contribution in [0.25, 0.3) is 5.57 Å². The number of fused-ring (bicyclic) bond motifs is 4. The number of aryl methyl sites for hydroxylation is 2. The SMILES string of the molecule is O=C(COc1ccc(C2=c3cc4c5c(c3Oc3c2cc2c6c3CCCN6CCC2)CCC[N+]=5CCC4)cc1)ON1C(=O)CCC1=O. The summed E-state index contributed by atoms with van der Waals surface area (Å²) in [4.78, 5) is 43.5. The monoisotopic (exact) mass is 618 g/mol. The topological polar surface area (TPSA) is 88.4 Å². The quantitative estimate of drug-likeness (QED) is 0.251. The fraction of sp³-hybridized carbons (Fsp3) is 0.405. The first-order valence-electron chi connectivity index (χ1n) is 16.8. The number of amides is 2. The Labute approximate surface area is 266 Å². The van der Waals surface area contributed by atoms with Gasteiger partial charge in [0.1, 0.15) is 30.3 Å². The van der Waals surface area contributed by atoms with E-state index in [0.29, 0.717) is 10.8 Å². The van der Waals surface area contributed by atoms with Crippen LogP contribution in [-0.2, 0) is 44.9 Å². The number of hydroxylamine groups is 2. The molecule has 0 aliphatic carbocycles. The number of nitrogens with zero attached hydrogens (tertiary/aromatic N) is 3. The Morgan fingerprint density at radius 3 is 2.33 bits per heavy atom. The summed E-state index contributed by atoms with van der Waals surface area (Å²) in [6.07, 6.45) is 8.90. The third-order valence-corrected chi connectivity index (χ3v) is 10.4. The summed E-state index contributed by atoms with van der Waals surface area (Å²) in [5, 5.41) is 3.11. The Bertz CT molecular complexity index is 1960. The van der Waals surface area contributed by atoms with Crippen LogP contribution in [-0.4, -0.2) is 55.6 Å². The van der Waals surface area contributed by atoms with Gasteiger partial charge in [-0.2, -0.15) is 0 Å². The minimum Gasteiger partial charge on any atom is -0.482 e. The van der Waals surface area contributed by atoms with Crippen molar-refractivity contribution >= 4 is 29.0 Å². The number of benzene rings is 3. The number of hydrogen-bond acceptors (Lipinski definition) is 7. The van der Waals surface area contributed by atoms with Crippen LogP contribution >= 0.6 is 0 Å². The minimum atomic E-state index is -0.796. The maximum atomic E-state index is 12.3. The van der Waals surface area contributed by atoms with Gasteiger partial charge in [-0.15, -0.1) is 5.06 Å². The van der Waals surface area contributed by atoms with Gasteiger partial charge in [0, 0.05) is 71.9 Å². The van der Waals surface area contributed by atoms with Gasteiger partial charge >= 0.3 is 5.97 Å². The smallest absolute Gasteiger partial charge is 0.370 e. The van der Waals surface area contributed by atoms with Gasteiger partial charge in [-0.25, -0.2) is 9.37 Å². The summed E-state index contributed by atoms with van der Waals surface area (Å²) in [7, 11) is 0. The fourth-order valence-electron chi connectivity index (χ4n) is 8.47. The van der Waals surface area contributed by atoms with Crippen LogP contribution in [0.2, 0.25) is 0 Å². The standard InChI is InChI=1S/C37H36N3O6/c41-30-13-14-31(42)40(30)46-32(43)21-44-25-11-9-22(10-12-25)33-28-19-23-5-1-15-38-17-3-7-26(34(23)38)36(28)45-37-27-8-4-18-39-16-2-6-24(35(27)39)20-29(33)37/h9-12,19-20H,1-8,13-18,21H2/q+1. The van der Waals surface area contributed by atoms with Crippen LogP contribution in [0.15, 0.2) is 36.4 Å². The summed E-state index contributed by atoms with van der Waals surface area (Å²) < 4.78 is 15.4. The molecule has 0 radical (unpaired) electrons. The molecule has 0 atom stereocenters. The van der Waals surface area contributed by atoms with Crippen molar-refractivity contribution in [2.45, 2.75) is 64.2 Å². The first-order chi connectivity index (χ1) is 22.5. The highest BCUT2D eigenvalue weighted by molar-refractivity contribution is 6.01. The molecule has 1 saturated heterocycles. The molecule has 0 unspecified atom stereocenters. The molecule has 0 N–H and O–H groups in total. The van der Waals surface area contributed by atoms with E-state index in [1.54, 1.807) is 0 Å². The lowest BCUT2D eigenvalue weighted by Gasteiger charge is -2.39. The van der Waals surface area contributed by atoms with E-state index in [0.717, 1.165) is 92.5 Å². The molecule has 0 saturated carbocycles. The second-order valence-corrected chi connectivity index (χ2v) is 13.2. The molecule has 234 valence electrons. The number of carbonyl (C=O) groups is 3. The molecule has 0 aromatic heterocycles. The molecule has 3 aromatic rings. The maximum Gasteiger partial charge on any atom is 0.370 e. The minimum absolute atomic E-state index is 0.0513. The third-order valence-electron chi connectivity index (χ3n) is 10.4. The zero-order valence-corrected chi connectivity index (χ0v) is 25.9. The van der Waals surface area contributed by atoms with Gasteiger partial charge < -0.3 is 19.2 Å². The third kappa shape index (κ3) is 4.35. The Morgan fingerprint density at radius 1 is 0.804 bits per heavy atom. The summed E-state index contributed by atoms with van der Waals surface area (Å²) in [6.45, 7) is 4.03. The van der Waals surface area contributed by atoms with E-state index in [-0.39, 0.29) is 12.8 Å². The molecular weight excluding hydrogens is 582 g/mol. The average Bonchev–Trinajstić information content (AvgIpc) is 3.40. The molecule has 6 aliphatic rings. The molecule has 9 rings (SSSR count). The van der Waals surface area contributed by atoms with Crippen LogP contribution in [0.3, 0.4) is 0 Å². The average molecular weight is 619 g/mol. The van der Waals surface area contributed by atoms with Gasteiger partial charge in [-0.05, 0) is 73.9 Å². The largest absolute Gasteiger partial charge is 0.482 e. The number of rotatable bonds is 5. The molecule has 9 nitrogen and oxygen atoms in total. The van der Waals surface area contributed by atoms with Crippen LogP contribution in [0.5, 0.6) is 17.2 Å². The molecule has 3 aromatic carbocycles. The van der Waals surface area contributed by atoms with Crippen molar-refractivity contribution in [3.63, 3.8) is 0 Å². The zero-order chi connectivity index (χ0) is 30.9. The zero-order valence-electron chi connectivity index (χ0n) is 25.9. The highest BCUT2D eigenvalue weighted by Crippen LogP contribution is 2.48. The number of ether oxygens (including phenoxy) is 2. The van der Waals surface area contributed by atoms with Crippen molar-refractivity contribution in [3.05, 3.63) is 80.4 Å². The van der Waals surface area contributed by atoms with Gasteiger partial charge in [0.25, 0.3) is 11.8 Å². The summed E-state index contributed by atoms with van der Waals surface area (Å²) in [5.41, 5.74) is 10.4. The van der Waals surface area contributed by atoms with E-state index in [9.17, 15) is 14.4 Å². The normalized spacial score (nSPS) is 19.2. The van der Waals surface area contributed by atoms with E-state index in [1.165, 1.54) is 51.7 Å². The highest BCUT2D eigenvalue weighted by Gasteiger charge is 2.36. The summed E-state index contributed by atoms with van der Waals surface area (Å²) in [6, 6.07) is 12.6. The van der Waals surface area contributed by atoms with Crippen molar-refractivity contribution in [1.29, 1.82) is 0 Å². The van der Waals surface area contributed by atoms with Gasteiger partial charge in [0.05, 0.1) is 5.56 Å². The van der Waals surface area contributed by atoms with E-state index < -0.39 is 24.4 Å². The molecule has 6 heterocycles. The van der Waals surface area contributed by atoms with Gasteiger partial charge in [-0.1, -0.05) is 12.1 Å². The van der Waals surface area contributed by atoms with Crippen LogP contribution in [0.1, 0.15) is 71.9 Å².